The lowest BCUT2D eigenvalue weighted by molar-refractivity contribution is 0.900. The summed E-state index contributed by atoms with van der Waals surface area (Å²) in [6.45, 7) is 9.26. The predicted molar refractivity (Wildman–Crippen MR) is 103 cm³/mol. The predicted octanol–water partition coefficient (Wildman–Crippen LogP) is 4.87. The first-order valence-electron chi connectivity index (χ1n) is 7.94. The van der Waals surface area contributed by atoms with E-state index in [1.165, 1.54) is 4.52 Å². The standard InChI is InChI=1S/C20H13ClN4O/c1-12-16(14-9-6-10-15(21)11-14)20(26)25-19(23-12)17(18(22-2)24-25)13-7-4-3-5-8-13/h3-11,24H,1H3. The summed E-state index contributed by atoms with van der Waals surface area (Å²) in [6.07, 6.45) is 0. The van der Waals surface area contributed by atoms with E-state index in [0.717, 1.165) is 5.56 Å². The van der Waals surface area contributed by atoms with Crippen LogP contribution in [0.2, 0.25) is 5.02 Å². The van der Waals surface area contributed by atoms with Gasteiger partial charge < -0.3 is 4.85 Å². The Kier molecular flexibility index (Phi) is 3.83. The molecule has 0 saturated heterocycles. The van der Waals surface area contributed by atoms with Gasteiger partial charge in [0, 0.05) is 5.02 Å². The molecule has 26 heavy (non-hydrogen) atoms. The fourth-order valence-electron chi connectivity index (χ4n) is 3.09. The van der Waals surface area contributed by atoms with Gasteiger partial charge in [-0.2, -0.15) is 0 Å². The molecule has 2 aromatic carbocycles. The van der Waals surface area contributed by atoms with E-state index >= 15 is 0 Å². The number of benzene rings is 2. The van der Waals surface area contributed by atoms with E-state index in [4.69, 9.17) is 18.2 Å². The monoisotopic (exact) mass is 360 g/mol. The number of H-pyrrole nitrogens is 1. The number of aryl methyl sites for hydroxylation is 1. The van der Waals surface area contributed by atoms with E-state index in [2.05, 4.69) is 14.9 Å². The second kappa shape index (κ2) is 6.17. The van der Waals surface area contributed by atoms with Crippen molar-refractivity contribution in [3.63, 3.8) is 0 Å². The zero-order valence-corrected chi connectivity index (χ0v) is 14.6. The largest absolute Gasteiger partial charge is 0.362 e. The Morgan fingerprint density at radius 2 is 1.81 bits per heavy atom. The average Bonchev–Trinajstić information content (AvgIpc) is 3.01. The van der Waals surface area contributed by atoms with Crippen molar-refractivity contribution in [2.75, 3.05) is 0 Å². The van der Waals surface area contributed by atoms with Crippen LogP contribution in [0.1, 0.15) is 5.69 Å². The van der Waals surface area contributed by atoms with Crippen LogP contribution in [0.3, 0.4) is 0 Å². The van der Waals surface area contributed by atoms with Crippen LogP contribution in [0.5, 0.6) is 0 Å². The number of rotatable bonds is 2. The number of nitrogens with one attached hydrogen (secondary N) is 1. The van der Waals surface area contributed by atoms with Crippen molar-refractivity contribution >= 4 is 23.1 Å². The summed E-state index contributed by atoms with van der Waals surface area (Å²) in [5.74, 6) is 0.281. The highest BCUT2D eigenvalue weighted by molar-refractivity contribution is 6.30. The van der Waals surface area contributed by atoms with Crippen molar-refractivity contribution < 1.29 is 0 Å². The molecule has 0 amide bonds. The molecular formula is C20H13ClN4O. The third-order valence-electron chi connectivity index (χ3n) is 4.23. The lowest BCUT2D eigenvalue weighted by atomic mass is 10.1. The maximum absolute atomic E-state index is 13.1. The molecule has 0 fully saturated rings. The Morgan fingerprint density at radius 1 is 1.08 bits per heavy atom. The van der Waals surface area contributed by atoms with Crippen LogP contribution < -0.4 is 5.56 Å². The maximum atomic E-state index is 13.1. The molecule has 0 unspecified atom stereocenters. The Morgan fingerprint density at radius 3 is 2.50 bits per heavy atom. The highest BCUT2D eigenvalue weighted by Crippen LogP contribution is 2.33. The number of hydrogen-bond donors (Lipinski definition) is 1. The minimum absolute atomic E-state index is 0.262. The highest BCUT2D eigenvalue weighted by atomic mass is 35.5. The van der Waals surface area contributed by atoms with E-state index in [0.29, 0.717) is 33.1 Å². The van der Waals surface area contributed by atoms with E-state index in [9.17, 15) is 4.79 Å². The van der Waals surface area contributed by atoms with Crippen molar-refractivity contribution in [1.29, 1.82) is 0 Å². The van der Waals surface area contributed by atoms with Crippen LogP contribution in [-0.4, -0.2) is 14.6 Å². The highest BCUT2D eigenvalue weighted by Gasteiger charge is 2.20. The smallest absolute Gasteiger partial charge is 0.296 e. The Labute approximate surface area is 154 Å². The summed E-state index contributed by atoms with van der Waals surface area (Å²) in [5.41, 5.74) is 3.38. The summed E-state index contributed by atoms with van der Waals surface area (Å²) in [7, 11) is 0. The first kappa shape index (κ1) is 16.1. The minimum atomic E-state index is -0.262. The van der Waals surface area contributed by atoms with Gasteiger partial charge in [-0.1, -0.05) is 60.6 Å². The molecule has 0 radical (unpaired) electrons. The number of halogens is 1. The van der Waals surface area contributed by atoms with Crippen LogP contribution >= 0.6 is 11.6 Å². The topological polar surface area (TPSA) is 54.5 Å². The molecule has 0 saturated carbocycles. The van der Waals surface area contributed by atoms with Gasteiger partial charge in [-0.05, 0) is 30.2 Å². The summed E-state index contributed by atoms with van der Waals surface area (Å²) in [4.78, 5) is 21.3. The van der Waals surface area contributed by atoms with Gasteiger partial charge in [0.2, 0.25) is 0 Å². The first-order chi connectivity index (χ1) is 12.6. The Hall–Kier alpha value is -3.36. The lowest BCUT2D eigenvalue weighted by Crippen LogP contribution is -2.19. The van der Waals surface area contributed by atoms with Crippen molar-refractivity contribution in [2.45, 2.75) is 6.92 Å². The summed E-state index contributed by atoms with van der Waals surface area (Å²) >= 11 is 6.07. The molecule has 0 aliphatic rings. The quantitative estimate of drug-likeness (QED) is 0.518. The molecule has 0 atom stereocenters. The van der Waals surface area contributed by atoms with Gasteiger partial charge in [-0.15, -0.1) is 4.52 Å². The Bertz CT molecular complexity index is 1230. The third kappa shape index (κ3) is 2.48. The van der Waals surface area contributed by atoms with E-state index < -0.39 is 0 Å². The van der Waals surface area contributed by atoms with Gasteiger partial charge in [-0.25, -0.2) is 10.1 Å². The average molecular weight is 361 g/mol. The van der Waals surface area contributed by atoms with Crippen LogP contribution in [0.25, 0.3) is 32.7 Å². The van der Waals surface area contributed by atoms with E-state index in [1.54, 1.807) is 25.1 Å². The molecule has 2 aromatic heterocycles. The van der Waals surface area contributed by atoms with Crippen molar-refractivity contribution in [2.24, 2.45) is 0 Å². The number of aromatic nitrogens is 3. The SMILES string of the molecule is [C-]#[N+]c1[nH]n2c(=O)c(-c3cccc(Cl)c3)c(C)nc2c1-c1ccccc1. The second-order valence-electron chi connectivity index (χ2n) is 5.86. The van der Waals surface area contributed by atoms with Crippen LogP contribution in [0, 0.1) is 13.5 Å². The summed E-state index contributed by atoms with van der Waals surface area (Å²) in [6, 6.07) is 16.6. The molecule has 5 nitrogen and oxygen atoms in total. The molecule has 0 aliphatic heterocycles. The van der Waals surface area contributed by atoms with Gasteiger partial charge in [0.15, 0.2) is 5.65 Å². The molecule has 0 bridgehead atoms. The fourth-order valence-corrected chi connectivity index (χ4v) is 3.28. The van der Waals surface area contributed by atoms with Crippen molar-refractivity contribution in [3.05, 3.63) is 87.1 Å². The molecule has 1 N–H and O–H groups in total. The van der Waals surface area contributed by atoms with Crippen LogP contribution in [0.15, 0.2) is 59.4 Å². The van der Waals surface area contributed by atoms with Crippen molar-refractivity contribution in [1.82, 2.24) is 14.6 Å². The van der Waals surface area contributed by atoms with Crippen LogP contribution in [0.4, 0.5) is 5.82 Å². The molecular weight excluding hydrogens is 348 g/mol. The van der Waals surface area contributed by atoms with E-state index in [-0.39, 0.29) is 11.4 Å². The molecule has 0 aliphatic carbocycles. The van der Waals surface area contributed by atoms with Gasteiger partial charge in [0.1, 0.15) is 0 Å². The zero-order valence-electron chi connectivity index (χ0n) is 13.8. The second-order valence-corrected chi connectivity index (χ2v) is 6.30. The Balaban J connectivity index is 2.08. The van der Waals surface area contributed by atoms with Gasteiger partial charge >= 0.3 is 0 Å². The number of fused-ring (bicyclic) bond motifs is 1. The normalized spacial score (nSPS) is 10.8. The molecule has 126 valence electrons. The first-order valence-corrected chi connectivity index (χ1v) is 8.32. The maximum Gasteiger partial charge on any atom is 0.296 e. The van der Waals surface area contributed by atoms with Gasteiger partial charge in [0.05, 0.1) is 16.8 Å². The molecule has 4 aromatic rings. The van der Waals surface area contributed by atoms with Gasteiger partial charge in [0.25, 0.3) is 11.4 Å². The lowest BCUT2D eigenvalue weighted by Gasteiger charge is -2.06. The molecule has 2 heterocycles. The van der Waals surface area contributed by atoms with Gasteiger partial charge in [-0.3, -0.25) is 4.79 Å². The van der Waals surface area contributed by atoms with Crippen LogP contribution in [-0.2, 0) is 0 Å². The fraction of sp³-hybridized carbons (Fsp3) is 0.0500. The van der Waals surface area contributed by atoms with Crippen molar-refractivity contribution in [3.8, 4) is 22.3 Å². The zero-order chi connectivity index (χ0) is 18.3. The summed E-state index contributed by atoms with van der Waals surface area (Å²) < 4.78 is 1.33. The summed E-state index contributed by atoms with van der Waals surface area (Å²) in [5, 5.41) is 3.43. The third-order valence-corrected chi connectivity index (χ3v) is 4.46. The number of nitrogens with zero attached hydrogens (tertiary/aromatic N) is 3. The molecule has 4 rings (SSSR count). The molecule has 6 heteroatoms. The minimum Gasteiger partial charge on any atom is -0.362 e. The number of hydrogen-bond acceptors (Lipinski definition) is 2. The molecule has 0 spiro atoms. The van der Waals surface area contributed by atoms with E-state index in [1.807, 2.05) is 36.4 Å². The number of aromatic amines is 1.